The first kappa shape index (κ1) is 25.2. The maximum absolute atomic E-state index is 13.0. The second-order valence-corrected chi connectivity index (χ2v) is 8.70. The molecule has 0 aromatic heterocycles. The van der Waals surface area contributed by atoms with Crippen molar-refractivity contribution in [1.82, 2.24) is 5.32 Å². The average molecular weight is 527 g/mol. The Morgan fingerprint density at radius 1 is 0.972 bits per heavy atom. The molecule has 0 fully saturated rings. The normalized spacial score (nSPS) is 13.4. The van der Waals surface area contributed by atoms with Crippen molar-refractivity contribution in [3.05, 3.63) is 93.0 Å². The van der Waals surface area contributed by atoms with Crippen LogP contribution in [0.3, 0.4) is 0 Å². The van der Waals surface area contributed by atoms with E-state index < -0.39 is 29.7 Å². The van der Waals surface area contributed by atoms with Gasteiger partial charge in [-0.3, -0.25) is 14.4 Å². The van der Waals surface area contributed by atoms with Gasteiger partial charge in [0.1, 0.15) is 11.8 Å². The van der Waals surface area contributed by atoms with Gasteiger partial charge < -0.3 is 15.2 Å². The number of anilines is 1. The number of hydrogen-bond donors (Lipinski definition) is 2. The standard InChI is InChI=1S/C26H20Cl2N2O6/c1-2-36-20-8-3-5-16-21(20)25(33)30(24(16)32)15-11-9-14(10-12-15)13-19(26(34)35)29-23(31)22-17(27)6-4-7-18(22)28/h3-12,19H,2,13H2,1H3,(H,29,31)(H,34,35)/t19-/m0/s1. The molecule has 0 spiro atoms. The molecule has 3 aromatic rings. The Kier molecular flexibility index (Phi) is 7.28. The number of halogens is 2. The highest BCUT2D eigenvalue weighted by Gasteiger charge is 2.39. The summed E-state index contributed by atoms with van der Waals surface area (Å²) >= 11 is 12.1. The SMILES string of the molecule is CCOc1cccc2c1C(=O)N(c1ccc(C[C@H](NC(=O)c3c(Cl)cccc3Cl)C(=O)O)cc1)C2=O. The van der Waals surface area contributed by atoms with Crippen LogP contribution in [0, 0.1) is 0 Å². The lowest BCUT2D eigenvalue weighted by atomic mass is 10.0. The van der Waals surface area contributed by atoms with E-state index in [0.717, 1.165) is 4.90 Å². The summed E-state index contributed by atoms with van der Waals surface area (Å²) in [7, 11) is 0. The number of rotatable bonds is 8. The van der Waals surface area contributed by atoms with E-state index in [1.807, 2.05) is 0 Å². The fourth-order valence-electron chi connectivity index (χ4n) is 3.93. The molecule has 0 aliphatic carbocycles. The molecule has 2 N–H and O–H groups in total. The van der Waals surface area contributed by atoms with Gasteiger partial charge in [-0.15, -0.1) is 0 Å². The number of fused-ring (bicyclic) bond motifs is 1. The summed E-state index contributed by atoms with van der Waals surface area (Å²) in [5.41, 5.74) is 1.33. The number of hydrogen-bond acceptors (Lipinski definition) is 5. The molecule has 0 saturated heterocycles. The van der Waals surface area contributed by atoms with Crippen molar-refractivity contribution in [2.75, 3.05) is 11.5 Å². The van der Waals surface area contributed by atoms with Crippen LogP contribution in [0.15, 0.2) is 60.7 Å². The van der Waals surface area contributed by atoms with Crippen LogP contribution in [0.2, 0.25) is 10.0 Å². The predicted molar refractivity (Wildman–Crippen MR) is 134 cm³/mol. The van der Waals surface area contributed by atoms with Crippen molar-refractivity contribution >= 4 is 52.6 Å². The first-order chi connectivity index (χ1) is 17.2. The topological polar surface area (TPSA) is 113 Å². The zero-order chi connectivity index (χ0) is 26.0. The molecule has 1 heterocycles. The molecule has 0 bridgehead atoms. The summed E-state index contributed by atoms with van der Waals surface area (Å²) in [5, 5.41) is 12.3. The minimum atomic E-state index is -1.27. The van der Waals surface area contributed by atoms with E-state index >= 15 is 0 Å². The number of nitrogens with zero attached hydrogens (tertiary/aromatic N) is 1. The summed E-state index contributed by atoms with van der Waals surface area (Å²) in [6.07, 6.45) is -0.0555. The fourth-order valence-corrected chi connectivity index (χ4v) is 4.50. The third kappa shape index (κ3) is 4.78. The Balaban J connectivity index is 1.52. The van der Waals surface area contributed by atoms with Gasteiger partial charge in [0, 0.05) is 6.42 Å². The third-order valence-electron chi connectivity index (χ3n) is 5.60. The fraction of sp³-hybridized carbons (Fsp3) is 0.154. The summed E-state index contributed by atoms with van der Waals surface area (Å²) in [4.78, 5) is 51.5. The highest BCUT2D eigenvalue weighted by molar-refractivity contribution is 6.39. The maximum Gasteiger partial charge on any atom is 0.326 e. The number of carbonyl (C=O) groups excluding carboxylic acids is 3. The minimum absolute atomic E-state index is 0.0144. The van der Waals surface area contributed by atoms with Gasteiger partial charge in [0.25, 0.3) is 17.7 Å². The second kappa shape index (κ2) is 10.4. The number of carbonyl (C=O) groups is 4. The Labute approximate surface area is 216 Å². The van der Waals surface area contributed by atoms with E-state index in [-0.39, 0.29) is 33.2 Å². The molecule has 1 aliphatic rings. The lowest BCUT2D eigenvalue weighted by Gasteiger charge is -2.17. The number of benzene rings is 3. The molecule has 36 heavy (non-hydrogen) atoms. The van der Waals surface area contributed by atoms with E-state index in [9.17, 15) is 24.3 Å². The third-order valence-corrected chi connectivity index (χ3v) is 6.23. The minimum Gasteiger partial charge on any atom is -0.493 e. The van der Waals surface area contributed by atoms with Gasteiger partial charge in [0.15, 0.2) is 0 Å². The molecule has 3 aromatic carbocycles. The molecule has 184 valence electrons. The van der Waals surface area contributed by atoms with E-state index in [1.165, 1.54) is 12.1 Å². The van der Waals surface area contributed by atoms with Gasteiger partial charge in [-0.25, -0.2) is 9.69 Å². The number of nitrogens with one attached hydrogen (secondary N) is 1. The number of aliphatic carboxylic acids is 1. The summed E-state index contributed by atoms with van der Waals surface area (Å²) in [6, 6.07) is 14.4. The van der Waals surface area contributed by atoms with Crippen molar-refractivity contribution in [1.29, 1.82) is 0 Å². The summed E-state index contributed by atoms with van der Waals surface area (Å²) in [5.74, 6) is -2.60. The number of ether oxygens (including phenoxy) is 1. The first-order valence-corrected chi connectivity index (χ1v) is 11.7. The molecular formula is C26H20Cl2N2O6. The molecule has 0 radical (unpaired) electrons. The van der Waals surface area contributed by atoms with Crippen LogP contribution in [-0.2, 0) is 11.2 Å². The molecule has 1 aliphatic heterocycles. The lowest BCUT2D eigenvalue weighted by Crippen LogP contribution is -2.42. The molecular weight excluding hydrogens is 507 g/mol. The van der Waals surface area contributed by atoms with Crippen molar-refractivity contribution in [2.45, 2.75) is 19.4 Å². The van der Waals surface area contributed by atoms with Crippen molar-refractivity contribution < 1.29 is 29.0 Å². The molecule has 0 unspecified atom stereocenters. The number of imide groups is 1. The van der Waals surface area contributed by atoms with Crippen LogP contribution in [-0.4, -0.2) is 41.4 Å². The van der Waals surface area contributed by atoms with Gasteiger partial charge in [0.2, 0.25) is 0 Å². The van der Waals surface area contributed by atoms with Crippen molar-refractivity contribution in [3.8, 4) is 5.75 Å². The van der Waals surface area contributed by atoms with E-state index in [1.54, 1.807) is 55.5 Å². The zero-order valence-corrected chi connectivity index (χ0v) is 20.5. The molecule has 4 rings (SSSR count). The molecule has 3 amide bonds. The maximum atomic E-state index is 13.0. The van der Waals surface area contributed by atoms with Gasteiger partial charge in [-0.2, -0.15) is 0 Å². The van der Waals surface area contributed by atoms with Crippen molar-refractivity contribution in [2.24, 2.45) is 0 Å². The van der Waals surface area contributed by atoms with Gasteiger partial charge >= 0.3 is 5.97 Å². The lowest BCUT2D eigenvalue weighted by molar-refractivity contribution is -0.139. The van der Waals surface area contributed by atoms with Crippen LogP contribution >= 0.6 is 23.2 Å². The van der Waals surface area contributed by atoms with Gasteiger partial charge in [0.05, 0.1) is 39.0 Å². The van der Waals surface area contributed by atoms with Crippen molar-refractivity contribution in [3.63, 3.8) is 0 Å². The summed E-state index contributed by atoms with van der Waals surface area (Å²) < 4.78 is 5.51. The Morgan fingerprint density at radius 2 is 1.61 bits per heavy atom. The highest BCUT2D eigenvalue weighted by atomic mass is 35.5. The zero-order valence-electron chi connectivity index (χ0n) is 19.0. The summed E-state index contributed by atoms with van der Waals surface area (Å²) in [6.45, 7) is 2.13. The Hall–Kier alpha value is -3.88. The van der Waals surface area contributed by atoms with Crippen LogP contribution in [0.4, 0.5) is 5.69 Å². The monoisotopic (exact) mass is 526 g/mol. The van der Waals surface area contributed by atoms with Gasteiger partial charge in [-0.1, -0.05) is 47.5 Å². The largest absolute Gasteiger partial charge is 0.493 e. The highest BCUT2D eigenvalue weighted by Crippen LogP contribution is 2.34. The average Bonchev–Trinajstić information content (AvgIpc) is 3.10. The molecule has 10 heteroatoms. The molecule has 1 atom stereocenters. The predicted octanol–water partition coefficient (Wildman–Crippen LogP) is 4.62. The quantitative estimate of drug-likeness (QED) is 0.414. The smallest absolute Gasteiger partial charge is 0.326 e. The van der Waals surface area contributed by atoms with Crippen LogP contribution in [0.25, 0.3) is 0 Å². The van der Waals surface area contributed by atoms with Crippen LogP contribution in [0.5, 0.6) is 5.75 Å². The number of carboxylic acids is 1. The van der Waals surface area contributed by atoms with E-state index in [0.29, 0.717) is 23.6 Å². The second-order valence-electron chi connectivity index (χ2n) is 7.89. The Bertz CT molecular complexity index is 1350. The van der Waals surface area contributed by atoms with Gasteiger partial charge in [-0.05, 0) is 48.9 Å². The van der Waals surface area contributed by atoms with Crippen LogP contribution in [0.1, 0.15) is 43.6 Å². The van der Waals surface area contributed by atoms with E-state index in [4.69, 9.17) is 27.9 Å². The van der Waals surface area contributed by atoms with Crippen LogP contribution < -0.4 is 15.0 Å². The molecule has 0 saturated carbocycles. The van der Waals surface area contributed by atoms with E-state index in [2.05, 4.69) is 5.32 Å². The number of amides is 3. The Morgan fingerprint density at radius 3 is 2.22 bits per heavy atom. The molecule has 8 nitrogen and oxygen atoms in total. The number of carboxylic acid groups (broad SMARTS) is 1. The first-order valence-electron chi connectivity index (χ1n) is 10.9.